The Morgan fingerprint density at radius 3 is 2.36 bits per heavy atom. The summed E-state index contributed by atoms with van der Waals surface area (Å²) in [6, 6.07) is 0.786. The van der Waals surface area contributed by atoms with Gasteiger partial charge in [0.1, 0.15) is 0 Å². The van der Waals surface area contributed by atoms with Crippen LogP contribution >= 0.6 is 11.6 Å². The zero-order chi connectivity index (χ0) is 8.69. The summed E-state index contributed by atoms with van der Waals surface area (Å²) in [5, 5.41) is 2.52. The number of primary amides is 1. The molecule has 3 nitrogen and oxygen atoms in total. The average Bonchev–Trinajstić information content (AvgIpc) is 1.87. The fourth-order valence-corrected chi connectivity index (χ4v) is 1.03. The highest BCUT2D eigenvalue weighted by molar-refractivity contribution is 6.62. The summed E-state index contributed by atoms with van der Waals surface area (Å²) in [6.45, 7) is 3.49. The summed E-state index contributed by atoms with van der Waals surface area (Å²) < 4.78 is 0. The van der Waals surface area contributed by atoms with Gasteiger partial charge in [0.15, 0.2) is 0 Å². The molecule has 1 fully saturated rings. The lowest BCUT2D eigenvalue weighted by Gasteiger charge is -2.18. The standard InChI is InChI=1S/C6H13N.CH2ClNO/c1-6-4-2-3-5-7-6;2-1(3)4/h6-7H,2-5H2,1H3;(H2,3,4). The molecule has 1 aliphatic rings. The summed E-state index contributed by atoms with van der Waals surface area (Å²) >= 11 is 4.41. The van der Waals surface area contributed by atoms with Crippen LogP contribution in [0.3, 0.4) is 0 Å². The summed E-state index contributed by atoms with van der Waals surface area (Å²) in [4.78, 5) is 8.99. The molecule has 3 N–H and O–H groups in total. The van der Waals surface area contributed by atoms with E-state index in [1.165, 1.54) is 25.8 Å². The Hall–Kier alpha value is -0.280. The Kier molecular flexibility index (Phi) is 6.27. The highest BCUT2D eigenvalue weighted by atomic mass is 35.5. The van der Waals surface area contributed by atoms with Crippen LogP contribution in [0.4, 0.5) is 4.79 Å². The van der Waals surface area contributed by atoms with Gasteiger partial charge in [0.2, 0.25) is 0 Å². The molecule has 0 bridgehead atoms. The van der Waals surface area contributed by atoms with Crippen LogP contribution in [-0.2, 0) is 0 Å². The molecule has 1 heterocycles. The molecule has 1 saturated heterocycles. The Morgan fingerprint density at radius 2 is 2.18 bits per heavy atom. The smallest absolute Gasteiger partial charge is 0.311 e. The molecule has 1 rings (SSSR count). The monoisotopic (exact) mass is 178 g/mol. The van der Waals surface area contributed by atoms with Crippen molar-refractivity contribution in [2.75, 3.05) is 6.54 Å². The number of hydrogen-bond donors (Lipinski definition) is 2. The van der Waals surface area contributed by atoms with Crippen molar-refractivity contribution in [3.05, 3.63) is 0 Å². The number of hydrogen-bond acceptors (Lipinski definition) is 2. The summed E-state index contributed by atoms with van der Waals surface area (Å²) in [6.07, 6.45) is 4.18. The van der Waals surface area contributed by atoms with Gasteiger partial charge in [-0.05, 0) is 37.9 Å². The first-order valence-corrected chi connectivity index (χ1v) is 4.19. The number of carbonyl (C=O) groups is 1. The summed E-state index contributed by atoms with van der Waals surface area (Å²) in [5.74, 6) is 0. The van der Waals surface area contributed by atoms with E-state index in [0.717, 1.165) is 6.04 Å². The van der Waals surface area contributed by atoms with Crippen molar-refractivity contribution in [1.29, 1.82) is 0 Å². The van der Waals surface area contributed by atoms with Crippen molar-refractivity contribution in [3.63, 3.8) is 0 Å². The van der Waals surface area contributed by atoms with Gasteiger partial charge in [-0.3, -0.25) is 4.79 Å². The van der Waals surface area contributed by atoms with E-state index in [4.69, 9.17) is 4.79 Å². The van der Waals surface area contributed by atoms with E-state index in [1.807, 2.05) is 0 Å². The zero-order valence-corrected chi connectivity index (χ0v) is 7.53. The molecule has 1 aliphatic heterocycles. The molecular weight excluding hydrogens is 164 g/mol. The number of rotatable bonds is 0. The number of carbonyl (C=O) groups excluding carboxylic acids is 1. The third-order valence-corrected chi connectivity index (χ3v) is 1.56. The predicted molar refractivity (Wildman–Crippen MR) is 46.8 cm³/mol. The first-order valence-electron chi connectivity index (χ1n) is 3.81. The molecule has 0 aliphatic carbocycles. The lowest BCUT2D eigenvalue weighted by atomic mass is 10.1. The number of piperidine rings is 1. The first-order chi connectivity index (χ1) is 5.13. The Labute approximate surface area is 72.3 Å². The molecule has 0 saturated carbocycles. The van der Waals surface area contributed by atoms with Crippen LogP contribution < -0.4 is 11.1 Å². The highest BCUT2D eigenvalue weighted by Gasteiger charge is 2.04. The van der Waals surface area contributed by atoms with Crippen molar-refractivity contribution in [3.8, 4) is 0 Å². The molecule has 11 heavy (non-hydrogen) atoms. The minimum atomic E-state index is -0.861. The molecule has 1 atom stereocenters. The van der Waals surface area contributed by atoms with Crippen LogP contribution in [0.2, 0.25) is 0 Å². The summed E-state index contributed by atoms with van der Waals surface area (Å²) in [5.41, 5.74) is 4.24. The van der Waals surface area contributed by atoms with Crippen molar-refractivity contribution in [2.24, 2.45) is 5.73 Å². The minimum Gasteiger partial charge on any atom is -0.356 e. The second kappa shape index (κ2) is 6.43. The van der Waals surface area contributed by atoms with Gasteiger partial charge in [0.25, 0.3) is 0 Å². The molecule has 0 radical (unpaired) electrons. The van der Waals surface area contributed by atoms with Gasteiger partial charge in [-0.25, -0.2) is 0 Å². The van der Waals surface area contributed by atoms with Crippen molar-refractivity contribution in [1.82, 2.24) is 5.32 Å². The maximum Gasteiger partial charge on any atom is 0.311 e. The molecule has 0 aromatic rings. The lowest BCUT2D eigenvalue weighted by Crippen LogP contribution is -2.30. The maximum absolute atomic E-state index is 8.99. The van der Waals surface area contributed by atoms with E-state index >= 15 is 0 Å². The zero-order valence-electron chi connectivity index (χ0n) is 6.77. The fraction of sp³-hybridized carbons (Fsp3) is 0.857. The molecule has 0 spiro atoms. The van der Waals surface area contributed by atoms with Crippen molar-refractivity contribution in [2.45, 2.75) is 32.2 Å². The lowest BCUT2D eigenvalue weighted by molar-refractivity contribution is 0.266. The number of amides is 1. The topological polar surface area (TPSA) is 55.1 Å². The molecular formula is C7H15ClN2O. The highest BCUT2D eigenvalue weighted by Crippen LogP contribution is 2.04. The molecule has 4 heteroatoms. The van der Waals surface area contributed by atoms with Gasteiger partial charge < -0.3 is 11.1 Å². The number of nitrogens with one attached hydrogen (secondary N) is 1. The van der Waals surface area contributed by atoms with Gasteiger partial charge in [0, 0.05) is 6.04 Å². The minimum absolute atomic E-state index is 0.786. The van der Waals surface area contributed by atoms with Gasteiger partial charge in [-0.1, -0.05) is 6.42 Å². The largest absolute Gasteiger partial charge is 0.356 e. The van der Waals surface area contributed by atoms with Crippen LogP contribution in [0.5, 0.6) is 0 Å². The van der Waals surface area contributed by atoms with E-state index in [2.05, 4.69) is 29.6 Å². The van der Waals surface area contributed by atoms with Crippen LogP contribution in [0, 0.1) is 0 Å². The predicted octanol–water partition coefficient (Wildman–Crippen LogP) is 1.45. The second-order valence-electron chi connectivity index (χ2n) is 2.66. The van der Waals surface area contributed by atoms with Crippen molar-refractivity contribution < 1.29 is 4.79 Å². The van der Waals surface area contributed by atoms with Gasteiger partial charge in [-0.15, -0.1) is 0 Å². The van der Waals surface area contributed by atoms with E-state index in [9.17, 15) is 0 Å². The normalized spacial score (nSPS) is 23.3. The van der Waals surface area contributed by atoms with Crippen LogP contribution in [0.15, 0.2) is 0 Å². The van der Waals surface area contributed by atoms with Crippen LogP contribution in [0.1, 0.15) is 26.2 Å². The Balaban J connectivity index is 0.000000218. The summed E-state index contributed by atoms with van der Waals surface area (Å²) in [7, 11) is 0. The third kappa shape index (κ3) is 9.72. The van der Waals surface area contributed by atoms with E-state index < -0.39 is 5.37 Å². The SMILES string of the molecule is CC1CCCCN1.NC(=O)Cl. The molecule has 0 aromatic heterocycles. The third-order valence-electron chi connectivity index (χ3n) is 1.56. The Morgan fingerprint density at radius 1 is 1.64 bits per heavy atom. The van der Waals surface area contributed by atoms with Crippen molar-refractivity contribution >= 4 is 17.0 Å². The molecule has 66 valence electrons. The Bertz CT molecular complexity index is 109. The van der Waals surface area contributed by atoms with Crippen LogP contribution in [0.25, 0.3) is 0 Å². The van der Waals surface area contributed by atoms with E-state index in [0.29, 0.717) is 0 Å². The van der Waals surface area contributed by atoms with Crippen LogP contribution in [-0.4, -0.2) is 18.0 Å². The van der Waals surface area contributed by atoms with Gasteiger partial charge in [0.05, 0.1) is 0 Å². The fourth-order valence-electron chi connectivity index (χ4n) is 1.03. The molecule has 1 amide bonds. The first kappa shape index (κ1) is 10.7. The maximum atomic E-state index is 8.99. The number of nitrogens with two attached hydrogens (primary N) is 1. The number of halogens is 1. The molecule has 0 aromatic carbocycles. The second-order valence-corrected chi connectivity index (χ2v) is 3.03. The average molecular weight is 179 g/mol. The van der Waals surface area contributed by atoms with Gasteiger partial charge >= 0.3 is 5.37 Å². The van der Waals surface area contributed by atoms with E-state index in [-0.39, 0.29) is 0 Å². The molecule has 1 unspecified atom stereocenters. The quantitative estimate of drug-likeness (QED) is 0.436. The van der Waals surface area contributed by atoms with Gasteiger partial charge in [-0.2, -0.15) is 0 Å². The van der Waals surface area contributed by atoms with E-state index in [1.54, 1.807) is 0 Å².